The van der Waals surface area contributed by atoms with E-state index >= 15 is 0 Å². The van der Waals surface area contributed by atoms with Crippen molar-refractivity contribution in [3.8, 4) is 5.75 Å². The minimum Gasteiger partial charge on any atom is -0.495 e. The van der Waals surface area contributed by atoms with Crippen LogP contribution in [0.3, 0.4) is 0 Å². The van der Waals surface area contributed by atoms with Crippen LogP contribution in [-0.2, 0) is 0 Å². The number of nitrogens with one attached hydrogen (secondary N) is 1. The van der Waals surface area contributed by atoms with Gasteiger partial charge in [-0.1, -0.05) is 23.2 Å². The Morgan fingerprint density at radius 1 is 1.20 bits per heavy atom. The van der Waals surface area contributed by atoms with E-state index in [-0.39, 0.29) is 5.91 Å². The van der Waals surface area contributed by atoms with E-state index in [0.29, 0.717) is 27.0 Å². The standard InChI is InChI=1S/C14H10Cl2INO2/c1-20-13-5-3-9(15)7-12(13)18-14(19)8-2-4-11(17)10(16)6-8/h2-7H,1H3,(H,18,19). The molecule has 0 aliphatic carbocycles. The van der Waals surface area contributed by atoms with Gasteiger partial charge in [0.15, 0.2) is 0 Å². The molecule has 2 aromatic carbocycles. The van der Waals surface area contributed by atoms with E-state index in [1.165, 1.54) is 7.11 Å². The molecule has 0 bridgehead atoms. The lowest BCUT2D eigenvalue weighted by Gasteiger charge is -2.11. The first-order chi connectivity index (χ1) is 9.51. The number of carbonyl (C=O) groups is 1. The quantitative estimate of drug-likeness (QED) is 0.718. The van der Waals surface area contributed by atoms with Gasteiger partial charge in [-0.2, -0.15) is 0 Å². The lowest BCUT2D eigenvalue weighted by atomic mass is 10.2. The van der Waals surface area contributed by atoms with Crippen molar-refractivity contribution in [2.75, 3.05) is 12.4 Å². The first-order valence-electron chi connectivity index (χ1n) is 5.61. The summed E-state index contributed by atoms with van der Waals surface area (Å²) in [7, 11) is 1.53. The Hall–Kier alpha value is -0.980. The largest absolute Gasteiger partial charge is 0.495 e. The fourth-order valence-electron chi connectivity index (χ4n) is 1.61. The molecule has 0 aliphatic heterocycles. The van der Waals surface area contributed by atoms with Gasteiger partial charge in [-0.05, 0) is 59.0 Å². The summed E-state index contributed by atoms with van der Waals surface area (Å²) in [6.07, 6.45) is 0. The van der Waals surface area contributed by atoms with Crippen LogP contribution in [0.15, 0.2) is 36.4 Å². The molecule has 0 aliphatic rings. The monoisotopic (exact) mass is 421 g/mol. The molecule has 0 heterocycles. The zero-order valence-corrected chi connectivity index (χ0v) is 14.1. The Bertz CT molecular complexity index is 662. The molecule has 0 spiro atoms. The second kappa shape index (κ2) is 6.65. The number of anilines is 1. The maximum absolute atomic E-state index is 12.2. The van der Waals surface area contributed by atoms with Crippen LogP contribution in [0.1, 0.15) is 10.4 Å². The van der Waals surface area contributed by atoms with Gasteiger partial charge in [-0.25, -0.2) is 0 Å². The molecule has 2 aromatic rings. The van der Waals surface area contributed by atoms with Gasteiger partial charge in [-0.15, -0.1) is 0 Å². The van der Waals surface area contributed by atoms with Crippen LogP contribution in [-0.4, -0.2) is 13.0 Å². The molecule has 2 rings (SSSR count). The van der Waals surface area contributed by atoms with Crippen LogP contribution in [0.2, 0.25) is 10.0 Å². The maximum Gasteiger partial charge on any atom is 0.255 e. The summed E-state index contributed by atoms with van der Waals surface area (Å²) in [5, 5.41) is 3.81. The van der Waals surface area contributed by atoms with E-state index in [9.17, 15) is 4.79 Å². The number of amides is 1. The van der Waals surface area contributed by atoms with E-state index in [4.69, 9.17) is 27.9 Å². The van der Waals surface area contributed by atoms with Crippen molar-refractivity contribution in [2.45, 2.75) is 0 Å². The smallest absolute Gasteiger partial charge is 0.255 e. The molecular formula is C14H10Cl2INO2. The third kappa shape index (κ3) is 3.56. The number of methoxy groups -OCH3 is 1. The maximum atomic E-state index is 12.2. The highest BCUT2D eigenvalue weighted by molar-refractivity contribution is 14.1. The van der Waals surface area contributed by atoms with E-state index in [1.807, 2.05) is 0 Å². The Kier molecular flexibility index (Phi) is 5.12. The van der Waals surface area contributed by atoms with Crippen molar-refractivity contribution in [3.63, 3.8) is 0 Å². The third-order valence-corrected chi connectivity index (χ3v) is 4.40. The number of halogens is 3. The Morgan fingerprint density at radius 3 is 2.60 bits per heavy atom. The van der Waals surface area contributed by atoms with Gasteiger partial charge in [0.25, 0.3) is 5.91 Å². The molecule has 3 nitrogen and oxygen atoms in total. The van der Waals surface area contributed by atoms with Gasteiger partial charge in [-0.3, -0.25) is 4.79 Å². The first-order valence-corrected chi connectivity index (χ1v) is 7.44. The van der Waals surface area contributed by atoms with Crippen molar-refractivity contribution < 1.29 is 9.53 Å². The Balaban J connectivity index is 2.27. The SMILES string of the molecule is COc1ccc(Cl)cc1NC(=O)c1ccc(I)c(Cl)c1. The lowest BCUT2D eigenvalue weighted by Crippen LogP contribution is -2.12. The summed E-state index contributed by atoms with van der Waals surface area (Å²) in [4.78, 5) is 12.2. The van der Waals surface area contributed by atoms with E-state index in [1.54, 1.807) is 36.4 Å². The van der Waals surface area contributed by atoms with Crippen LogP contribution in [0.5, 0.6) is 5.75 Å². The predicted octanol–water partition coefficient (Wildman–Crippen LogP) is 4.86. The van der Waals surface area contributed by atoms with Crippen LogP contribution in [0.4, 0.5) is 5.69 Å². The molecule has 1 amide bonds. The van der Waals surface area contributed by atoms with E-state index in [0.717, 1.165) is 3.57 Å². The van der Waals surface area contributed by atoms with Gasteiger partial charge in [0.1, 0.15) is 5.75 Å². The summed E-state index contributed by atoms with van der Waals surface area (Å²) in [5.74, 6) is 0.267. The molecule has 0 unspecified atom stereocenters. The average molecular weight is 422 g/mol. The van der Waals surface area contributed by atoms with Crippen LogP contribution in [0, 0.1) is 3.57 Å². The number of ether oxygens (including phenoxy) is 1. The van der Waals surface area contributed by atoms with Crippen molar-refractivity contribution in [1.29, 1.82) is 0 Å². The van der Waals surface area contributed by atoms with Crippen molar-refractivity contribution >= 4 is 57.4 Å². The van der Waals surface area contributed by atoms with Gasteiger partial charge in [0.2, 0.25) is 0 Å². The molecule has 1 N–H and O–H groups in total. The van der Waals surface area contributed by atoms with E-state index in [2.05, 4.69) is 27.9 Å². The molecule has 0 saturated heterocycles. The summed E-state index contributed by atoms with van der Waals surface area (Å²) in [5.41, 5.74) is 0.983. The second-order valence-corrected chi connectivity index (χ2v) is 5.93. The number of benzene rings is 2. The first kappa shape index (κ1) is 15.4. The number of hydrogen-bond acceptors (Lipinski definition) is 2. The number of carbonyl (C=O) groups excluding carboxylic acids is 1. The van der Waals surface area contributed by atoms with E-state index < -0.39 is 0 Å². The van der Waals surface area contributed by atoms with Gasteiger partial charge >= 0.3 is 0 Å². The molecule has 0 atom stereocenters. The minimum absolute atomic E-state index is 0.274. The Labute approximate surface area is 140 Å². The zero-order valence-electron chi connectivity index (χ0n) is 10.4. The van der Waals surface area contributed by atoms with Gasteiger partial charge in [0.05, 0.1) is 17.8 Å². The Morgan fingerprint density at radius 2 is 1.95 bits per heavy atom. The summed E-state index contributed by atoms with van der Waals surface area (Å²) in [6, 6.07) is 10.1. The fraction of sp³-hybridized carbons (Fsp3) is 0.0714. The van der Waals surface area contributed by atoms with Crippen molar-refractivity contribution in [3.05, 3.63) is 55.6 Å². The highest BCUT2D eigenvalue weighted by atomic mass is 127. The van der Waals surface area contributed by atoms with Crippen LogP contribution < -0.4 is 10.1 Å². The normalized spacial score (nSPS) is 10.2. The van der Waals surface area contributed by atoms with Crippen molar-refractivity contribution in [1.82, 2.24) is 0 Å². The molecule has 20 heavy (non-hydrogen) atoms. The lowest BCUT2D eigenvalue weighted by molar-refractivity contribution is 0.102. The highest BCUT2D eigenvalue weighted by Gasteiger charge is 2.11. The molecule has 0 saturated carbocycles. The summed E-state index contributed by atoms with van der Waals surface area (Å²) < 4.78 is 6.07. The number of hydrogen-bond donors (Lipinski definition) is 1. The highest BCUT2D eigenvalue weighted by Crippen LogP contribution is 2.28. The van der Waals surface area contributed by atoms with Gasteiger partial charge in [0, 0.05) is 14.2 Å². The zero-order chi connectivity index (χ0) is 14.7. The molecule has 6 heteroatoms. The molecular weight excluding hydrogens is 412 g/mol. The molecule has 0 aromatic heterocycles. The fourth-order valence-corrected chi connectivity index (χ4v) is 2.30. The molecule has 104 valence electrons. The third-order valence-electron chi connectivity index (χ3n) is 2.59. The van der Waals surface area contributed by atoms with Crippen LogP contribution >= 0.6 is 45.8 Å². The minimum atomic E-state index is -0.274. The number of rotatable bonds is 3. The summed E-state index contributed by atoms with van der Waals surface area (Å²) >= 11 is 14.0. The average Bonchev–Trinajstić information content (AvgIpc) is 2.42. The van der Waals surface area contributed by atoms with Gasteiger partial charge < -0.3 is 10.1 Å². The summed E-state index contributed by atoms with van der Waals surface area (Å²) in [6.45, 7) is 0. The van der Waals surface area contributed by atoms with Crippen LogP contribution in [0.25, 0.3) is 0 Å². The second-order valence-electron chi connectivity index (χ2n) is 3.93. The molecule has 0 radical (unpaired) electrons. The molecule has 0 fully saturated rings. The predicted molar refractivity (Wildman–Crippen MR) is 90.1 cm³/mol. The van der Waals surface area contributed by atoms with Crippen molar-refractivity contribution in [2.24, 2.45) is 0 Å². The topological polar surface area (TPSA) is 38.3 Å².